The quantitative estimate of drug-likeness (QED) is 0.866. The highest BCUT2D eigenvalue weighted by Crippen LogP contribution is 2.31. The van der Waals surface area contributed by atoms with Crippen molar-refractivity contribution in [3.8, 4) is 0 Å². The number of nitrogens with zero attached hydrogens (tertiary/aromatic N) is 3. The van der Waals surface area contributed by atoms with Gasteiger partial charge in [-0.25, -0.2) is 0 Å². The molecule has 1 fully saturated rings. The van der Waals surface area contributed by atoms with Gasteiger partial charge >= 0.3 is 0 Å². The zero-order valence-corrected chi connectivity index (χ0v) is 13.0. The summed E-state index contributed by atoms with van der Waals surface area (Å²) in [4.78, 5) is 18.9. The molecule has 3 heterocycles. The van der Waals surface area contributed by atoms with Gasteiger partial charge in [-0.15, -0.1) is 0 Å². The molecule has 2 aromatic heterocycles. The van der Waals surface area contributed by atoms with Crippen molar-refractivity contribution in [1.29, 1.82) is 0 Å². The number of piperidine rings is 1. The Labute approximate surface area is 129 Å². The standard InChI is InChI=1S/C16H21N3O3/c1-3-6-14-17-15(22-18-14)12-7-4-5-10-19(12)16(20)13-9-8-11(2)21-13/h8-9,12H,3-7,10H2,1-2H3/t12-/m0/s1. The van der Waals surface area contributed by atoms with Gasteiger partial charge in [0.1, 0.15) is 11.8 Å². The Bertz CT molecular complexity index is 647. The number of amides is 1. The number of rotatable bonds is 4. The van der Waals surface area contributed by atoms with Crippen LogP contribution >= 0.6 is 0 Å². The number of hydrogen-bond acceptors (Lipinski definition) is 5. The van der Waals surface area contributed by atoms with Gasteiger partial charge in [-0.3, -0.25) is 4.79 Å². The van der Waals surface area contributed by atoms with Crippen molar-refractivity contribution >= 4 is 5.91 Å². The predicted octanol–water partition coefficient (Wildman–Crippen LogP) is 3.29. The maximum absolute atomic E-state index is 12.7. The van der Waals surface area contributed by atoms with E-state index < -0.39 is 0 Å². The third kappa shape index (κ3) is 2.91. The number of furan rings is 1. The molecule has 1 saturated heterocycles. The fourth-order valence-electron chi connectivity index (χ4n) is 2.85. The van der Waals surface area contributed by atoms with Crippen LogP contribution in [0.2, 0.25) is 0 Å². The van der Waals surface area contributed by atoms with Crippen LogP contribution in [0.5, 0.6) is 0 Å². The number of carbonyl (C=O) groups excluding carboxylic acids is 1. The van der Waals surface area contributed by atoms with E-state index in [1.54, 1.807) is 17.0 Å². The Morgan fingerprint density at radius 2 is 2.27 bits per heavy atom. The summed E-state index contributed by atoms with van der Waals surface area (Å²) in [5.74, 6) is 2.26. The molecule has 1 aliphatic rings. The van der Waals surface area contributed by atoms with Crippen LogP contribution in [0.4, 0.5) is 0 Å². The summed E-state index contributed by atoms with van der Waals surface area (Å²) in [7, 11) is 0. The van der Waals surface area contributed by atoms with Gasteiger partial charge < -0.3 is 13.8 Å². The minimum atomic E-state index is -0.148. The van der Waals surface area contributed by atoms with Crippen LogP contribution in [0.3, 0.4) is 0 Å². The second-order valence-electron chi connectivity index (χ2n) is 5.72. The van der Waals surface area contributed by atoms with Gasteiger partial charge in [-0.05, 0) is 44.7 Å². The molecule has 0 N–H and O–H groups in total. The lowest BCUT2D eigenvalue weighted by molar-refractivity contribution is 0.0528. The average Bonchev–Trinajstić information content (AvgIpc) is 3.16. The van der Waals surface area contributed by atoms with Crippen molar-refractivity contribution in [2.24, 2.45) is 0 Å². The summed E-state index contributed by atoms with van der Waals surface area (Å²) >= 11 is 0. The summed E-state index contributed by atoms with van der Waals surface area (Å²) in [5, 5.41) is 4.00. The molecule has 1 atom stereocenters. The van der Waals surface area contributed by atoms with E-state index in [0.717, 1.165) is 37.9 Å². The van der Waals surface area contributed by atoms with E-state index >= 15 is 0 Å². The van der Waals surface area contributed by atoms with Crippen molar-refractivity contribution in [3.63, 3.8) is 0 Å². The van der Waals surface area contributed by atoms with Gasteiger partial charge in [0.2, 0.25) is 5.89 Å². The fourth-order valence-corrected chi connectivity index (χ4v) is 2.85. The van der Waals surface area contributed by atoms with E-state index in [1.165, 1.54) is 0 Å². The van der Waals surface area contributed by atoms with E-state index in [1.807, 2.05) is 6.92 Å². The smallest absolute Gasteiger partial charge is 0.290 e. The number of aromatic nitrogens is 2. The molecule has 0 unspecified atom stereocenters. The number of aryl methyl sites for hydroxylation is 2. The molecule has 6 heteroatoms. The fraction of sp³-hybridized carbons (Fsp3) is 0.562. The lowest BCUT2D eigenvalue weighted by Crippen LogP contribution is -2.38. The monoisotopic (exact) mass is 303 g/mol. The second kappa shape index (κ2) is 6.34. The van der Waals surface area contributed by atoms with E-state index in [9.17, 15) is 4.79 Å². The van der Waals surface area contributed by atoms with Crippen molar-refractivity contribution < 1.29 is 13.7 Å². The first-order valence-corrected chi connectivity index (χ1v) is 7.89. The molecule has 3 rings (SSSR count). The van der Waals surface area contributed by atoms with Crippen molar-refractivity contribution in [2.45, 2.75) is 52.0 Å². The first-order chi connectivity index (χ1) is 10.7. The maximum atomic E-state index is 12.7. The minimum Gasteiger partial charge on any atom is -0.456 e. The highest BCUT2D eigenvalue weighted by Gasteiger charge is 2.33. The van der Waals surface area contributed by atoms with Gasteiger partial charge in [0.15, 0.2) is 11.6 Å². The van der Waals surface area contributed by atoms with Gasteiger partial charge in [-0.2, -0.15) is 4.98 Å². The number of hydrogen-bond donors (Lipinski definition) is 0. The Hall–Kier alpha value is -2.11. The van der Waals surface area contributed by atoms with E-state index in [-0.39, 0.29) is 11.9 Å². The molecule has 22 heavy (non-hydrogen) atoms. The van der Waals surface area contributed by atoms with Crippen molar-refractivity contribution in [1.82, 2.24) is 15.0 Å². The largest absolute Gasteiger partial charge is 0.456 e. The molecule has 1 amide bonds. The molecular formula is C16H21N3O3. The second-order valence-corrected chi connectivity index (χ2v) is 5.72. The summed E-state index contributed by atoms with van der Waals surface area (Å²) in [6, 6.07) is 3.38. The molecule has 2 aromatic rings. The van der Waals surface area contributed by atoms with E-state index in [4.69, 9.17) is 8.94 Å². The van der Waals surface area contributed by atoms with Crippen molar-refractivity contribution in [2.75, 3.05) is 6.54 Å². The zero-order valence-electron chi connectivity index (χ0n) is 13.0. The third-order valence-corrected chi connectivity index (χ3v) is 3.96. The van der Waals surface area contributed by atoms with Crippen LogP contribution in [0, 0.1) is 6.92 Å². The maximum Gasteiger partial charge on any atom is 0.290 e. The van der Waals surface area contributed by atoms with Gasteiger partial charge in [0.05, 0.1) is 0 Å². The molecule has 0 bridgehead atoms. The molecule has 118 valence electrons. The number of carbonyl (C=O) groups is 1. The van der Waals surface area contributed by atoms with Gasteiger partial charge in [0, 0.05) is 13.0 Å². The van der Waals surface area contributed by atoms with Gasteiger partial charge in [-0.1, -0.05) is 12.1 Å². The lowest BCUT2D eigenvalue weighted by Gasteiger charge is -2.32. The van der Waals surface area contributed by atoms with Crippen LogP contribution in [-0.4, -0.2) is 27.5 Å². The zero-order chi connectivity index (χ0) is 15.5. The molecule has 0 spiro atoms. The van der Waals surface area contributed by atoms with E-state index in [0.29, 0.717) is 24.0 Å². The molecule has 6 nitrogen and oxygen atoms in total. The Morgan fingerprint density at radius 3 is 3.00 bits per heavy atom. The Kier molecular flexibility index (Phi) is 4.27. The van der Waals surface area contributed by atoms with Crippen molar-refractivity contribution in [3.05, 3.63) is 35.4 Å². The highest BCUT2D eigenvalue weighted by atomic mass is 16.5. The minimum absolute atomic E-state index is 0.104. The first kappa shape index (κ1) is 14.8. The highest BCUT2D eigenvalue weighted by molar-refractivity contribution is 5.91. The van der Waals surface area contributed by atoms with Gasteiger partial charge in [0.25, 0.3) is 5.91 Å². The van der Waals surface area contributed by atoms with Crippen LogP contribution in [0.25, 0.3) is 0 Å². The normalized spacial score (nSPS) is 18.6. The lowest BCUT2D eigenvalue weighted by atomic mass is 10.0. The summed E-state index contributed by atoms with van der Waals surface area (Å²) in [5.41, 5.74) is 0. The molecule has 0 aliphatic carbocycles. The number of likely N-dealkylation sites (tertiary alicyclic amines) is 1. The third-order valence-electron chi connectivity index (χ3n) is 3.96. The van der Waals surface area contributed by atoms with E-state index in [2.05, 4.69) is 17.1 Å². The summed E-state index contributed by atoms with van der Waals surface area (Å²) in [6.07, 6.45) is 4.65. The molecular weight excluding hydrogens is 282 g/mol. The Morgan fingerprint density at radius 1 is 1.41 bits per heavy atom. The van der Waals surface area contributed by atoms with Crippen LogP contribution in [0.1, 0.15) is 66.7 Å². The molecule has 0 saturated carbocycles. The molecule has 0 radical (unpaired) electrons. The average molecular weight is 303 g/mol. The topological polar surface area (TPSA) is 72.4 Å². The Balaban J connectivity index is 1.82. The van der Waals surface area contributed by atoms with Crippen LogP contribution in [0.15, 0.2) is 21.1 Å². The van der Waals surface area contributed by atoms with Crippen LogP contribution in [-0.2, 0) is 6.42 Å². The SMILES string of the molecule is CCCc1noc([C@@H]2CCCCN2C(=O)c2ccc(C)o2)n1. The summed E-state index contributed by atoms with van der Waals surface area (Å²) in [6.45, 7) is 4.60. The summed E-state index contributed by atoms with van der Waals surface area (Å²) < 4.78 is 10.9. The predicted molar refractivity (Wildman–Crippen MR) is 79.4 cm³/mol. The first-order valence-electron chi connectivity index (χ1n) is 7.89. The van der Waals surface area contributed by atoms with Crippen LogP contribution < -0.4 is 0 Å². The molecule has 0 aromatic carbocycles. The molecule has 1 aliphatic heterocycles.